The lowest BCUT2D eigenvalue weighted by molar-refractivity contribution is -0.137. The summed E-state index contributed by atoms with van der Waals surface area (Å²) in [6.07, 6.45) is 0.397. The zero-order chi connectivity index (χ0) is 19.9. The maximum Gasteiger partial charge on any atom is 0.254 e. The van der Waals surface area contributed by atoms with Gasteiger partial charge in [0, 0.05) is 25.1 Å². The summed E-state index contributed by atoms with van der Waals surface area (Å²) in [6, 6.07) is 4.77. The molecule has 0 bridgehead atoms. The SMILES string of the molecule is Cc1cc(C)cc(C(=O)N2CCN(C(=O)CC(C)C)[C@H]3CS(=O)(=O)C[C@H]32)c1. The number of hydrogen-bond acceptors (Lipinski definition) is 4. The van der Waals surface area contributed by atoms with Gasteiger partial charge in [0.2, 0.25) is 5.91 Å². The molecule has 2 aliphatic heterocycles. The van der Waals surface area contributed by atoms with Gasteiger partial charge in [-0.25, -0.2) is 8.42 Å². The number of amides is 2. The summed E-state index contributed by atoms with van der Waals surface area (Å²) in [4.78, 5) is 29.1. The van der Waals surface area contributed by atoms with Crippen molar-refractivity contribution < 1.29 is 18.0 Å². The Kier molecular flexibility index (Phi) is 5.34. The minimum Gasteiger partial charge on any atom is -0.335 e. The molecule has 0 saturated carbocycles. The number of rotatable bonds is 3. The van der Waals surface area contributed by atoms with Crippen molar-refractivity contribution in [3.63, 3.8) is 0 Å². The normalized spacial score (nSPS) is 24.2. The molecule has 27 heavy (non-hydrogen) atoms. The van der Waals surface area contributed by atoms with Crippen LogP contribution in [0, 0.1) is 19.8 Å². The third kappa shape index (κ3) is 4.18. The number of aryl methyl sites for hydroxylation is 2. The summed E-state index contributed by atoms with van der Waals surface area (Å²) in [7, 11) is -3.28. The Morgan fingerprint density at radius 2 is 1.52 bits per heavy atom. The van der Waals surface area contributed by atoms with Crippen molar-refractivity contribution >= 4 is 21.7 Å². The van der Waals surface area contributed by atoms with E-state index >= 15 is 0 Å². The predicted molar refractivity (Wildman–Crippen MR) is 104 cm³/mol. The Morgan fingerprint density at radius 3 is 2.07 bits per heavy atom. The molecule has 0 aromatic heterocycles. The Labute approximate surface area is 161 Å². The molecule has 148 valence electrons. The van der Waals surface area contributed by atoms with Crippen molar-refractivity contribution in [2.24, 2.45) is 5.92 Å². The number of carbonyl (C=O) groups is 2. The fraction of sp³-hybridized carbons (Fsp3) is 0.600. The number of benzene rings is 1. The fourth-order valence-electron chi connectivity index (χ4n) is 4.25. The van der Waals surface area contributed by atoms with Crippen LogP contribution in [0.4, 0.5) is 0 Å². The van der Waals surface area contributed by atoms with E-state index in [1.54, 1.807) is 9.80 Å². The van der Waals surface area contributed by atoms with Crippen LogP contribution in [0.25, 0.3) is 0 Å². The lowest BCUT2D eigenvalue weighted by atomic mass is 10.00. The quantitative estimate of drug-likeness (QED) is 0.786. The topological polar surface area (TPSA) is 74.8 Å². The van der Waals surface area contributed by atoms with Gasteiger partial charge in [0.1, 0.15) is 0 Å². The van der Waals surface area contributed by atoms with Crippen molar-refractivity contribution in [1.82, 2.24) is 9.80 Å². The van der Waals surface area contributed by atoms with E-state index in [0.29, 0.717) is 25.1 Å². The number of hydrogen-bond donors (Lipinski definition) is 0. The van der Waals surface area contributed by atoms with E-state index in [1.165, 1.54) is 0 Å². The van der Waals surface area contributed by atoms with Gasteiger partial charge < -0.3 is 9.80 Å². The van der Waals surface area contributed by atoms with E-state index in [4.69, 9.17) is 0 Å². The molecule has 2 aliphatic rings. The molecule has 0 radical (unpaired) electrons. The number of nitrogens with zero attached hydrogens (tertiary/aromatic N) is 2. The molecular weight excluding hydrogens is 364 g/mol. The van der Waals surface area contributed by atoms with Crippen molar-refractivity contribution in [3.8, 4) is 0 Å². The van der Waals surface area contributed by atoms with Gasteiger partial charge in [-0.05, 0) is 31.9 Å². The van der Waals surface area contributed by atoms with Crippen LogP contribution in [0.3, 0.4) is 0 Å². The van der Waals surface area contributed by atoms with Crippen LogP contribution in [0.15, 0.2) is 18.2 Å². The molecule has 1 aromatic carbocycles. The molecule has 6 nitrogen and oxygen atoms in total. The minimum absolute atomic E-state index is 0.0180. The number of fused-ring (bicyclic) bond motifs is 1. The monoisotopic (exact) mass is 392 g/mol. The summed E-state index contributed by atoms with van der Waals surface area (Å²) in [5, 5.41) is 0. The molecule has 0 aliphatic carbocycles. The van der Waals surface area contributed by atoms with Crippen LogP contribution in [-0.2, 0) is 14.6 Å². The first kappa shape index (κ1) is 19.9. The van der Waals surface area contributed by atoms with Crippen LogP contribution < -0.4 is 0 Å². The first-order valence-electron chi connectivity index (χ1n) is 9.46. The molecule has 2 heterocycles. The van der Waals surface area contributed by atoms with Crippen molar-refractivity contribution in [2.75, 3.05) is 24.6 Å². The summed E-state index contributed by atoms with van der Waals surface area (Å²) >= 11 is 0. The largest absolute Gasteiger partial charge is 0.335 e. The number of carbonyl (C=O) groups excluding carboxylic acids is 2. The van der Waals surface area contributed by atoms with E-state index in [9.17, 15) is 18.0 Å². The van der Waals surface area contributed by atoms with E-state index in [2.05, 4.69) is 0 Å². The maximum absolute atomic E-state index is 13.1. The van der Waals surface area contributed by atoms with Gasteiger partial charge >= 0.3 is 0 Å². The molecule has 2 atom stereocenters. The van der Waals surface area contributed by atoms with E-state index in [1.807, 2.05) is 45.9 Å². The predicted octanol–water partition coefficient (Wildman–Crippen LogP) is 1.80. The van der Waals surface area contributed by atoms with Gasteiger partial charge in [0.05, 0.1) is 23.6 Å². The highest BCUT2D eigenvalue weighted by atomic mass is 32.2. The number of piperazine rings is 1. The first-order valence-corrected chi connectivity index (χ1v) is 11.3. The Balaban J connectivity index is 1.89. The second-order valence-electron chi connectivity index (χ2n) is 8.27. The molecule has 3 rings (SSSR count). The smallest absolute Gasteiger partial charge is 0.254 e. The first-order chi connectivity index (χ1) is 12.6. The highest BCUT2D eigenvalue weighted by molar-refractivity contribution is 7.91. The van der Waals surface area contributed by atoms with Gasteiger partial charge in [-0.3, -0.25) is 9.59 Å². The van der Waals surface area contributed by atoms with Crippen molar-refractivity contribution in [3.05, 3.63) is 34.9 Å². The summed E-state index contributed by atoms with van der Waals surface area (Å²) in [5.41, 5.74) is 2.58. The highest BCUT2D eigenvalue weighted by Crippen LogP contribution is 2.29. The Morgan fingerprint density at radius 1 is 1.00 bits per heavy atom. The molecule has 7 heteroatoms. The zero-order valence-corrected chi connectivity index (χ0v) is 17.3. The summed E-state index contributed by atoms with van der Waals surface area (Å²) in [6.45, 7) is 8.58. The number of sulfone groups is 1. The second-order valence-corrected chi connectivity index (χ2v) is 10.4. The fourth-order valence-corrected chi connectivity index (χ4v) is 6.23. The van der Waals surface area contributed by atoms with E-state index < -0.39 is 21.9 Å². The van der Waals surface area contributed by atoms with Crippen LogP contribution in [0.2, 0.25) is 0 Å². The lowest BCUT2D eigenvalue weighted by Crippen LogP contribution is -2.62. The Hall–Kier alpha value is -1.89. The Bertz CT molecular complexity index is 842. The van der Waals surface area contributed by atoms with Crippen molar-refractivity contribution in [1.29, 1.82) is 0 Å². The van der Waals surface area contributed by atoms with Crippen LogP contribution in [0.1, 0.15) is 41.8 Å². The summed E-state index contributed by atoms with van der Waals surface area (Å²) in [5.74, 6) is -0.0815. The minimum atomic E-state index is -3.28. The average Bonchev–Trinajstić information content (AvgIpc) is 2.86. The zero-order valence-electron chi connectivity index (χ0n) is 16.4. The molecule has 2 amide bonds. The van der Waals surface area contributed by atoms with Gasteiger partial charge in [0.25, 0.3) is 5.91 Å². The molecule has 2 saturated heterocycles. The molecule has 2 fully saturated rings. The van der Waals surface area contributed by atoms with Crippen molar-refractivity contribution in [2.45, 2.75) is 46.2 Å². The van der Waals surface area contributed by atoms with Gasteiger partial charge in [-0.1, -0.05) is 31.0 Å². The average molecular weight is 393 g/mol. The molecule has 0 N–H and O–H groups in total. The van der Waals surface area contributed by atoms with Crippen LogP contribution in [0.5, 0.6) is 0 Å². The van der Waals surface area contributed by atoms with Gasteiger partial charge in [-0.2, -0.15) is 0 Å². The van der Waals surface area contributed by atoms with E-state index in [-0.39, 0.29) is 29.2 Å². The maximum atomic E-state index is 13.1. The summed E-state index contributed by atoms with van der Waals surface area (Å²) < 4.78 is 24.6. The molecule has 0 unspecified atom stereocenters. The highest BCUT2D eigenvalue weighted by Gasteiger charge is 2.49. The second kappa shape index (κ2) is 7.26. The van der Waals surface area contributed by atoms with Crippen LogP contribution in [-0.4, -0.2) is 66.7 Å². The van der Waals surface area contributed by atoms with E-state index in [0.717, 1.165) is 11.1 Å². The molecule has 1 aromatic rings. The lowest BCUT2D eigenvalue weighted by Gasteiger charge is -2.44. The third-order valence-corrected chi connectivity index (χ3v) is 7.01. The van der Waals surface area contributed by atoms with Gasteiger partial charge in [-0.15, -0.1) is 0 Å². The van der Waals surface area contributed by atoms with Crippen LogP contribution >= 0.6 is 0 Å². The molecular formula is C20H28N2O4S. The third-order valence-electron chi connectivity index (χ3n) is 5.31. The van der Waals surface area contributed by atoms with Gasteiger partial charge in [0.15, 0.2) is 9.84 Å². The standard InChI is InChI=1S/C20H28N2O4S/c1-13(2)7-19(23)21-5-6-22(18-12-27(25,26)11-17(18)21)20(24)16-9-14(3)8-15(4)10-16/h8-10,13,17-18H,5-7,11-12H2,1-4H3/t17-,18+/m0/s1. The molecule has 0 spiro atoms.